The Bertz CT molecular complexity index is 528. The van der Waals surface area contributed by atoms with Crippen LogP contribution in [0.2, 0.25) is 0 Å². The molecule has 5 heteroatoms. The van der Waals surface area contributed by atoms with Crippen molar-refractivity contribution >= 4 is 0 Å². The molecule has 0 aromatic carbocycles. The molecule has 2 N–H and O–H groups in total. The molecule has 33 heavy (non-hydrogen) atoms. The molecule has 1 saturated carbocycles. The third-order valence-electron chi connectivity index (χ3n) is 8.04. The van der Waals surface area contributed by atoms with Crippen molar-refractivity contribution in [2.24, 2.45) is 23.7 Å². The van der Waals surface area contributed by atoms with Gasteiger partial charge in [-0.3, -0.25) is 5.26 Å². The summed E-state index contributed by atoms with van der Waals surface area (Å²) in [6, 6.07) is 0. The van der Waals surface area contributed by atoms with Crippen LogP contribution >= 0.6 is 0 Å². The summed E-state index contributed by atoms with van der Waals surface area (Å²) in [5.41, 5.74) is 0. The molecule has 5 atom stereocenters. The molecular weight excluding hydrogens is 416 g/mol. The minimum absolute atomic E-state index is 0.0840. The molecule has 1 heterocycles. The Labute approximate surface area is 203 Å². The van der Waals surface area contributed by atoms with Crippen LogP contribution in [0.5, 0.6) is 0 Å². The highest BCUT2D eigenvalue weighted by Crippen LogP contribution is 2.44. The molecule has 1 aliphatic heterocycles. The van der Waals surface area contributed by atoms with Crippen LogP contribution in [0.3, 0.4) is 0 Å². The van der Waals surface area contributed by atoms with Gasteiger partial charge >= 0.3 is 0 Å². The zero-order valence-electron chi connectivity index (χ0n) is 21.8. The molecule has 1 unspecified atom stereocenters. The van der Waals surface area contributed by atoms with Gasteiger partial charge in [-0.05, 0) is 68.6 Å². The number of unbranched alkanes of at least 4 members (excludes halogenated alkanes) is 5. The lowest BCUT2D eigenvalue weighted by atomic mass is 9.82. The van der Waals surface area contributed by atoms with E-state index in [0.29, 0.717) is 36.9 Å². The number of hydrogen-bond donors (Lipinski definition) is 2. The zero-order valence-corrected chi connectivity index (χ0v) is 21.8. The van der Waals surface area contributed by atoms with Gasteiger partial charge in [0.15, 0.2) is 5.79 Å². The van der Waals surface area contributed by atoms with E-state index in [-0.39, 0.29) is 18.0 Å². The van der Waals surface area contributed by atoms with E-state index < -0.39 is 0 Å². The Kier molecular flexibility index (Phi) is 13.5. The maximum absolute atomic E-state index is 10.7. The van der Waals surface area contributed by atoms with Crippen molar-refractivity contribution in [2.75, 3.05) is 13.2 Å². The lowest BCUT2D eigenvalue weighted by Gasteiger charge is -2.31. The largest absolute Gasteiger partial charge is 0.393 e. The summed E-state index contributed by atoms with van der Waals surface area (Å²) in [6.07, 6.45) is 18.2. The van der Waals surface area contributed by atoms with Gasteiger partial charge in [0.1, 0.15) is 0 Å². The molecule has 1 aliphatic carbocycles. The van der Waals surface area contributed by atoms with Gasteiger partial charge in [0.2, 0.25) is 0 Å². The van der Waals surface area contributed by atoms with Crippen LogP contribution in [0, 0.1) is 23.7 Å². The van der Waals surface area contributed by atoms with Gasteiger partial charge in [0, 0.05) is 12.8 Å². The molecule has 0 spiro atoms. The van der Waals surface area contributed by atoms with Gasteiger partial charge < -0.3 is 14.6 Å². The molecule has 5 nitrogen and oxygen atoms in total. The van der Waals surface area contributed by atoms with Crippen LogP contribution in [-0.2, 0) is 14.4 Å². The highest BCUT2D eigenvalue weighted by Gasteiger charge is 2.42. The van der Waals surface area contributed by atoms with Crippen LogP contribution in [-0.4, -0.2) is 41.6 Å². The monoisotopic (exact) mass is 468 g/mol. The number of aliphatic hydroxyl groups excluding tert-OH is 1. The SMILES string of the molecule is CCCCCCCC1(CC[C@@H]2[C@@H](C/C=C\CCCC(OO)C(C)C)[C@@H](O)C[C@H]2C)OCCO1. The molecule has 2 aliphatic rings. The molecule has 0 bridgehead atoms. The molecule has 2 rings (SSSR count). The van der Waals surface area contributed by atoms with Crippen molar-refractivity contribution in [3.05, 3.63) is 12.2 Å². The third-order valence-corrected chi connectivity index (χ3v) is 8.04. The summed E-state index contributed by atoms with van der Waals surface area (Å²) in [5, 5.41) is 19.7. The molecule has 0 amide bonds. The van der Waals surface area contributed by atoms with E-state index in [0.717, 1.165) is 51.4 Å². The number of allylic oxidation sites excluding steroid dienone is 2. The van der Waals surface area contributed by atoms with Gasteiger partial charge in [-0.15, -0.1) is 0 Å². The van der Waals surface area contributed by atoms with Gasteiger partial charge in [-0.2, -0.15) is 0 Å². The van der Waals surface area contributed by atoms with Crippen molar-refractivity contribution in [2.45, 2.75) is 129 Å². The first-order chi connectivity index (χ1) is 15.9. The van der Waals surface area contributed by atoms with E-state index in [1.54, 1.807) is 0 Å². The van der Waals surface area contributed by atoms with Gasteiger partial charge in [0.25, 0.3) is 0 Å². The normalized spacial score (nSPS) is 28.3. The molecule has 0 aromatic heterocycles. The van der Waals surface area contributed by atoms with Crippen LogP contribution < -0.4 is 0 Å². The van der Waals surface area contributed by atoms with E-state index in [9.17, 15) is 5.11 Å². The quantitative estimate of drug-likeness (QED) is 0.103. The summed E-state index contributed by atoms with van der Waals surface area (Å²) >= 11 is 0. The molecule has 194 valence electrons. The highest BCUT2D eigenvalue weighted by atomic mass is 17.1. The van der Waals surface area contributed by atoms with Gasteiger partial charge in [-0.1, -0.05) is 65.5 Å². The van der Waals surface area contributed by atoms with Crippen molar-refractivity contribution in [1.29, 1.82) is 0 Å². The number of hydrogen-bond acceptors (Lipinski definition) is 5. The van der Waals surface area contributed by atoms with Crippen LogP contribution in [0.4, 0.5) is 0 Å². The van der Waals surface area contributed by atoms with Crippen LogP contribution in [0.25, 0.3) is 0 Å². The third kappa shape index (κ3) is 9.60. The second kappa shape index (κ2) is 15.5. The summed E-state index contributed by atoms with van der Waals surface area (Å²) in [6.45, 7) is 10.1. The molecule has 1 saturated heterocycles. The Morgan fingerprint density at radius 1 is 1.00 bits per heavy atom. The van der Waals surface area contributed by atoms with E-state index >= 15 is 0 Å². The lowest BCUT2D eigenvalue weighted by molar-refractivity contribution is -0.289. The predicted molar refractivity (Wildman–Crippen MR) is 134 cm³/mol. The second-order valence-corrected chi connectivity index (χ2v) is 10.9. The zero-order chi connectivity index (χ0) is 24.1. The fraction of sp³-hybridized carbons (Fsp3) is 0.929. The average Bonchev–Trinajstić information content (AvgIpc) is 3.35. The smallest absolute Gasteiger partial charge is 0.168 e. The Morgan fingerprint density at radius 2 is 1.73 bits per heavy atom. The van der Waals surface area contributed by atoms with Crippen LogP contribution in [0.1, 0.15) is 111 Å². The highest BCUT2D eigenvalue weighted by molar-refractivity contribution is 4.95. The van der Waals surface area contributed by atoms with E-state index in [2.05, 4.69) is 44.7 Å². The van der Waals surface area contributed by atoms with E-state index in [1.807, 2.05) is 0 Å². The van der Waals surface area contributed by atoms with Crippen molar-refractivity contribution in [1.82, 2.24) is 0 Å². The summed E-state index contributed by atoms with van der Waals surface area (Å²) in [4.78, 5) is 4.58. The minimum atomic E-state index is -0.387. The van der Waals surface area contributed by atoms with E-state index in [4.69, 9.17) is 14.7 Å². The van der Waals surface area contributed by atoms with E-state index in [1.165, 1.54) is 32.1 Å². The molecule has 0 aromatic rings. The maximum Gasteiger partial charge on any atom is 0.168 e. The predicted octanol–water partition coefficient (Wildman–Crippen LogP) is 7.13. The van der Waals surface area contributed by atoms with Gasteiger partial charge in [0.05, 0.1) is 25.4 Å². The average molecular weight is 469 g/mol. The topological polar surface area (TPSA) is 68.2 Å². The molecular formula is C28H52O5. The number of rotatable bonds is 17. The molecule has 0 radical (unpaired) electrons. The fourth-order valence-corrected chi connectivity index (χ4v) is 5.88. The van der Waals surface area contributed by atoms with Crippen LogP contribution in [0.15, 0.2) is 12.2 Å². The Balaban J connectivity index is 1.79. The van der Waals surface area contributed by atoms with Gasteiger partial charge in [-0.25, -0.2) is 4.89 Å². The van der Waals surface area contributed by atoms with Crippen molar-refractivity contribution < 1.29 is 24.7 Å². The number of ether oxygens (including phenoxy) is 2. The Hall–Kier alpha value is -0.460. The summed E-state index contributed by atoms with van der Waals surface area (Å²) < 4.78 is 12.3. The summed E-state index contributed by atoms with van der Waals surface area (Å²) in [5.74, 6) is 1.31. The number of aliphatic hydroxyl groups is 1. The minimum Gasteiger partial charge on any atom is -0.393 e. The Morgan fingerprint density at radius 3 is 2.39 bits per heavy atom. The maximum atomic E-state index is 10.7. The van der Waals surface area contributed by atoms with Crippen molar-refractivity contribution in [3.63, 3.8) is 0 Å². The fourth-order valence-electron chi connectivity index (χ4n) is 5.88. The second-order valence-electron chi connectivity index (χ2n) is 10.9. The first kappa shape index (κ1) is 28.8. The first-order valence-corrected chi connectivity index (χ1v) is 13.8. The molecule has 2 fully saturated rings. The summed E-state index contributed by atoms with van der Waals surface area (Å²) in [7, 11) is 0. The lowest BCUT2D eigenvalue weighted by Crippen LogP contribution is -2.32. The first-order valence-electron chi connectivity index (χ1n) is 13.8. The van der Waals surface area contributed by atoms with Crippen molar-refractivity contribution in [3.8, 4) is 0 Å². The standard InChI is InChI=1S/C28H52O5/c1-5-6-7-10-13-17-28(31-19-20-32-28)18-16-24-23(4)21-26(29)25(24)14-11-8-9-12-15-27(33-30)22(2)3/h8,11,22-27,29-30H,5-7,9-10,12-21H2,1-4H3/b11-8-/t23-,24+,25-,26+,27?/m1/s1.